The van der Waals surface area contributed by atoms with Gasteiger partial charge in [-0.2, -0.15) is 0 Å². The summed E-state index contributed by atoms with van der Waals surface area (Å²) in [5, 5.41) is 5.54. The van der Waals surface area contributed by atoms with Crippen LogP contribution in [0.2, 0.25) is 0 Å². The molecule has 1 aromatic rings. The molecule has 0 spiro atoms. The summed E-state index contributed by atoms with van der Waals surface area (Å²) in [6, 6.07) is 4.38. The first-order valence-electron chi connectivity index (χ1n) is 7.78. The number of imide groups is 1. The van der Waals surface area contributed by atoms with Crippen LogP contribution in [0, 0.1) is 5.82 Å². The van der Waals surface area contributed by atoms with Crippen molar-refractivity contribution in [2.24, 2.45) is 4.99 Å². The third-order valence-electron chi connectivity index (χ3n) is 3.76. The number of ether oxygens (including phenoxy) is 1. The zero-order chi connectivity index (χ0) is 18.4. The molecule has 1 fully saturated rings. The van der Waals surface area contributed by atoms with Crippen LogP contribution in [0.4, 0.5) is 9.18 Å². The average Bonchev–Trinajstić information content (AvgIpc) is 2.90. The number of benzene rings is 1. The molecule has 0 radical (unpaired) electrons. The van der Waals surface area contributed by atoms with E-state index in [1.54, 1.807) is 19.2 Å². The molecule has 0 aliphatic carbocycles. The highest BCUT2D eigenvalue weighted by molar-refractivity contribution is 6.01. The van der Waals surface area contributed by atoms with Crippen molar-refractivity contribution in [3.63, 3.8) is 0 Å². The maximum Gasteiger partial charge on any atom is 0.324 e. The zero-order valence-electron chi connectivity index (χ0n) is 14.5. The molecule has 1 aromatic carbocycles. The Kier molecular flexibility index (Phi) is 6.15. The fraction of sp³-hybridized carbons (Fsp3) is 0.438. The SMILES string of the molecule is CN=C(NCCN1C(=O)CNC1=O)N(C)Cc1ccc(OC)c(F)c1. The first-order valence-corrected chi connectivity index (χ1v) is 7.78. The van der Waals surface area contributed by atoms with Gasteiger partial charge in [0.1, 0.15) is 0 Å². The van der Waals surface area contributed by atoms with Crippen LogP contribution in [0.5, 0.6) is 5.75 Å². The number of carbonyl (C=O) groups excluding carboxylic acids is 2. The fourth-order valence-corrected chi connectivity index (χ4v) is 2.50. The summed E-state index contributed by atoms with van der Waals surface area (Å²) >= 11 is 0. The van der Waals surface area contributed by atoms with Crippen molar-refractivity contribution >= 4 is 17.9 Å². The van der Waals surface area contributed by atoms with E-state index in [2.05, 4.69) is 15.6 Å². The lowest BCUT2D eigenvalue weighted by atomic mass is 10.2. The monoisotopic (exact) mass is 351 g/mol. The van der Waals surface area contributed by atoms with Gasteiger partial charge in [0.2, 0.25) is 5.91 Å². The summed E-state index contributed by atoms with van der Waals surface area (Å²) in [4.78, 5) is 30.1. The molecule has 2 N–H and O–H groups in total. The summed E-state index contributed by atoms with van der Waals surface area (Å²) < 4.78 is 18.7. The first kappa shape index (κ1) is 18.5. The zero-order valence-corrected chi connectivity index (χ0v) is 14.5. The van der Waals surface area contributed by atoms with Crippen LogP contribution >= 0.6 is 0 Å². The van der Waals surface area contributed by atoms with E-state index in [-0.39, 0.29) is 30.8 Å². The molecule has 0 bridgehead atoms. The van der Waals surface area contributed by atoms with Crippen LogP contribution in [0.1, 0.15) is 5.56 Å². The number of hydrogen-bond acceptors (Lipinski definition) is 4. The van der Waals surface area contributed by atoms with E-state index in [1.807, 2.05) is 11.9 Å². The van der Waals surface area contributed by atoms with E-state index in [9.17, 15) is 14.0 Å². The van der Waals surface area contributed by atoms with E-state index in [0.717, 1.165) is 10.5 Å². The largest absolute Gasteiger partial charge is 0.494 e. The maximum atomic E-state index is 13.8. The summed E-state index contributed by atoms with van der Waals surface area (Å²) in [7, 11) is 4.85. The van der Waals surface area contributed by atoms with Gasteiger partial charge in [0.15, 0.2) is 17.5 Å². The second-order valence-corrected chi connectivity index (χ2v) is 5.50. The van der Waals surface area contributed by atoms with E-state index in [0.29, 0.717) is 19.0 Å². The maximum absolute atomic E-state index is 13.8. The molecule has 0 unspecified atom stereocenters. The minimum absolute atomic E-state index is 0.0382. The number of halogens is 1. The average molecular weight is 351 g/mol. The van der Waals surface area contributed by atoms with Gasteiger partial charge in [-0.3, -0.25) is 14.7 Å². The number of guanidine groups is 1. The van der Waals surface area contributed by atoms with Crippen molar-refractivity contribution in [3.8, 4) is 5.75 Å². The highest BCUT2D eigenvalue weighted by Crippen LogP contribution is 2.18. The predicted octanol–water partition coefficient (Wildman–Crippen LogP) is 0.393. The summed E-state index contributed by atoms with van der Waals surface area (Å²) in [6.07, 6.45) is 0. The number of aliphatic imine (C=N–C) groups is 1. The van der Waals surface area contributed by atoms with Gasteiger partial charge >= 0.3 is 6.03 Å². The number of nitrogens with one attached hydrogen (secondary N) is 2. The lowest BCUT2D eigenvalue weighted by Crippen LogP contribution is -2.43. The number of amides is 3. The van der Waals surface area contributed by atoms with E-state index < -0.39 is 5.82 Å². The van der Waals surface area contributed by atoms with Crippen LogP contribution in [0.3, 0.4) is 0 Å². The molecular formula is C16H22FN5O3. The van der Waals surface area contributed by atoms with Crippen LogP contribution in [0.25, 0.3) is 0 Å². The van der Waals surface area contributed by atoms with Crippen molar-refractivity contribution in [1.82, 2.24) is 20.4 Å². The normalized spacial score (nSPS) is 14.6. The summed E-state index contributed by atoms with van der Waals surface area (Å²) in [5.74, 6) is 0.101. The molecular weight excluding hydrogens is 329 g/mol. The number of hydrogen-bond donors (Lipinski definition) is 2. The highest BCUT2D eigenvalue weighted by atomic mass is 19.1. The predicted molar refractivity (Wildman–Crippen MR) is 90.9 cm³/mol. The molecule has 0 aromatic heterocycles. The van der Waals surface area contributed by atoms with Crippen molar-refractivity contribution in [1.29, 1.82) is 0 Å². The topological polar surface area (TPSA) is 86.3 Å². The van der Waals surface area contributed by atoms with E-state index >= 15 is 0 Å². The standard InChI is InChI=1S/C16H22FN5O3/c1-18-15(19-6-7-22-14(23)9-20-16(22)24)21(2)10-11-4-5-13(25-3)12(17)8-11/h4-5,8H,6-7,9-10H2,1-3H3,(H,18,19)(H,20,24). The third-order valence-corrected chi connectivity index (χ3v) is 3.76. The van der Waals surface area contributed by atoms with Gasteiger partial charge < -0.3 is 20.3 Å². The Morgan fingerprint density at radius 3 is 2.80 bits per heavy atom. The first-order chi connectivity index (χ1) is 12.0. The van der Waals surface area contributed by atoms with Gasteiger partial charge in [-0.15, -0.1) is 0 Å². The summed E-state index contributed by atoms with van der Waals surface area (Å²) in [6.45, 7) is 1.09. The number of rotatable bonds is 6. The van der Waals surface area contributed by atoms with Crippen LogP contribution < -0.4 is 15.4 Å². The summed E-state index contributed by atoms with van der Waals surface area (Å²) in [5.41, 5.74) is 0.762. The van der Waals surface area contributed by atoms with Crippen LogP contribution in [-0.4, -0.2) is 68.5 Å². The smallest absolute Gasteiger partial charge is 0.324 e. The molecule has 2 rings (SSSR count). The molecule has 9 heteroatoms. The van der Waals surface area contributed by atoms with Gasteiger partial charge in [0.05, 0.1) is 13.7 Å². The molecule has 1 saturated heterocycles. The number of urea groups is 1. The molecule has 1 heterocycles. The van der Waals surface area contributed by atoms with Crippen molar-refractivity contribution in [2.45, 2.75) is 6.54 Å². The molecule has 1 aliphatic rings. The van der Waals surface area contributed by atoms with Crippen molar-refractivity contribution < 1.29 is 18.7 Å². The molecule has 0 saturated carbocycles. The van der Waals surface area contributed by atoms with Crippen LogP contribution in [0.15, 0.2) is 23.2 Å². The van der Waals surface area contributed by atoms with Gasteiger partial charge in [0.25, 0.3) is 0 Å². The highest BCUT2D eigenvalue weighted by Gasteiger charge is 2.27. The molecule has 136 valence electrons. The Hall–Kier alpha value is -2.84. The molecule has 0 atom stereocenters. The van der Waals surface area contributed by atoms with Crippen molar-refractivity contribution in [3.05, 3.63) is 29.6 Å². The lowest BCUT2D eigenvalue weighted by Gasteiger charge is -2.23. The van der Waals surface area contributed by atoms with Gasteiger partial charge in [-0.1, -0.05) is 6.07 Å². The van der Waals surface area contributed by atoms with E-state index in [4.69, 9.17) is 4.74 Å². The van der Waals surface area contributed by atoms with Crippen molar-refractivity contribution in [2.75, 3.05) is 40.8 Å². The molecule has 1 aliphatic heterocycles. The Bertz CT molecular complexity index is 664. The van der Waals surface area contributed by atoms with Crippen LogP contribution in [-0.2, 0) is 11.3 Å². The fourth-order valence-electron chi connectivity index (χ4n) is 2.50. The van der Waals surface area contributed by atoms with Gasteiger partial charge in [0, 0.05) is 33.7 Å². The quantitative estimate of drug-likeness (QED) is 0.440. The number of carbonyl (C=O) groups is 2. The number of nitrogens with zero attached hydrogens (tertiary/aromatic N) is 3. The van der Waals surface area contributed by atoms with Gasteiger partial charge in [-0.25, -0.2) is 9.18 Å². The Morgan fingerprint density at radius 1 is 1.48 bits per heavy atom. The Balaban J connectivity index is 1.88. The Morgan fingerprint density at radius 2 is 2.24 bits per heavy atom. The Labute approximate surface area is 145 Å². The van der Waals surface area contributed by atoms with Gasteiger partial charge in [-0.05, 0) is 17.7 Å². The molecule has 25 heavy (non-hydrogen) atoms. The molecule has 3 amide bonds. The third kappa shape index (κ3) is 4.59. The second-order valence-electron chi connectivity index (χ2n) is 5.50. The molecule has 8 nitrogen and oxygen atoms in total. The lowest BCUT2D eigenvalue weighted by molar-refractivity contribution is -0.124. The minimum Gasteiger partial charge on any atom is -0.494 e. The van der Waals surface area contributed by atoms with E-state index in [1.165, 1.54) is 13.2 Å². The number of methoxy groups -OCH3 is 1. The minimum atomic E-state index is -0.421. The second kappa shape index (κ2) is 8.32.